The predicted molar refractivity (Wildman–Crippen MR) is 93.3 cm³/mol. The van der Waals surface area contributed by atoms with Crippen molar-refractivity contribution in [2.24, 2.45) is 0 Å². The summed E-state index contributed by atoms with van der Waals surface area (Å²) in [4.78, 5) is 23.3. The number of esters is 1. The molecule has 26 heavy (non-hydrogen) atoms. The second kappa shape index (κ2) is 8.09. The van der Waals surface area contributed by atoms with Crippen LogP contribution in [0.4, 0.5) is 0 Å². The molecule has 0 fully saturated rings. The molecule has 0 bridgehead atoms. The van der Waals surface area contributed by atoms with Gasteiger partial charge in [-0.15, -0.1) is 0 Å². The van der Waals surface area contributed by atoms with Crippen LogP contribution in [0, 0.1) is 11.3 Å². The first-order chi connectivity index (χ1) is 12.4. The van der Waals surface area contributed by atoms with E-state index in [9.17, 15) is 18.0 Å². The van der Waals surface area contributed by atoms with E-state index in [2.05, 4.69) is 4.74 Å². The molecule has 0 aromatic heterocycles. The number of ether oxygens (including phenoxy) is 1. The fourth-order valence-corrected chi connectivity index (χ4v) is 3.23. The molecule has 0 atom stereocenters. The van der Waals surface area contributed by atoms with Gasteiger partial charge in [-0.3, -0.25) is 4.79 Å². The first-order valence-electron chi connectivity index (χ1n) is 7.30. The molecule has 8 heteroatoms. The standard InChI is InChI=1S/C18H14N2O5S/c1-25-18(22)15-7-2-3-8-16(15)26(23,24)20-17(21)10-9-13-5-4-6-14(11-13)12-19/h2-11H,1H3,(H,20,21)/b10-9+. The zero-order valence-electron chi connectivity index (χ0n) is 13.7. The SMILES string of the molecule is COC(=O)c1ccccc1S(=O)(=O)NC(=O)/C=C/c1cccc(C#N)c1. The van der Waals surface area contributed by atoms with Crippen molar-refractivity contribution in [1.29, 1.82) is 5.26 Å². The number of sulfonamides is 1. The van der Waals surface area contributed by atoms with Crippen LogP contribution in [0.5, 0.6) is 0 Å². The molecule has 0 saturated carbocycles. The summed E-state index contributed by atoms with van der Waals surface area (Å²) >= 11 is 0. The third-order valence-electron chi connectivity index (χ3n) is 3.26. The zero-order chi connectivity index (χ0) is 19.2. The number of rotatable bonds is 5. The molecule has 0 aliphatic carbocycles. The van der Waals surface area contributed by atoms with E-state index in [1.807, 2.05) is 10.8 Å². The Kier molecular flexibility index (Phi) is 5.88. The summed E-state index contributed by atoms with van der Waals surface area (Å²) in [6, 6.07) is 13.8. The highest BCUT2D eigenvalue weighted by molar-refractivity contribution is 7.90. The molecule has 2 rings (SSSR count). The number of hydrogen-bond donors (Lipinski definition) is 1. The van der Waals surface area contributed by atoms with Crippen LogP contribution in [0.25, 0.3) is 6.08 Å². The van der Waals surface area contributed by atoms with E-state index in [1.54, 1.807) is 24.3 Å². The maximum absolute atomic E-state index is 12.4. The molecule has 0 aliphatic heterocycles. The maximum atomic E-state index is 12.4. The van der Waals surface area contributed by atoms with Crippen LogP contribution in [-0.2, 0) is 19.6 Å². The van der Waals surface area contributed by atoms with E-state index in [-0.39, 0.29) is 10.5 Å². The summed E-state index contributed by atoms with van der Waals surface area (Å²) in [5.41, 5.74) is 0.791. The van der Waals surface area contributed by atoms with Gasteiger partial charge < -0.3 is 4.74 Å². The summed E-state index contributed by atoms with van der Waals surface area (Å²) in [6.45, 7) is 0. The summed E-state index contributed by atoms with van der Waals surface area (Å²) in [5, 5.41) is 8.84. The molecule has 0 spiro atoms. The van der Waals surface area contributed by atoms with Crippen LogP contribution in [-0.4, -0.2) is 27.4 Å². The molecule has 2 aromatic carbocycles. The zero-order valence-corrected chi connectivity index (χ0v) is 14.5. The number of amides is 1. The molecule has 2 aromatic rings. The van der Waals surface area contributed by atoms with Crippen molar-refractivity contribution in [2.45, 2.75) is 4.90 Å². The Labute approximate surface area is 150 Å². The molecule has 0 saturated heterocycles. The summed E-state index contributed by atoms with van der Waals surface area (Å²) in [5.74, 6) is -1.73. The number of carbonyl (C=O) groups excluding carboxylic acids is 2. The Bertz CT molecular complexity index is 1020. The van der Waals surface area contributed by atoms with Gasteiger partial charge in [0.2, 0.25) is 0 Å². The second-order valence-corrected chi connectivity index (χ2v) is 6.68. The molecular weight excluding hydrogens is 356 g/mol. The molecule has 7 nitrogen and oxygen atoms in total. The Morgan fingerprint density at radius 3 is 2.58 bits per heavy atom. The van der Waals surface area contributed by atoms with E-state index >= 15 is 0 Å². The second-order valence-electron chi connectivity index (χ2n) is 5.03. The van der Waals surface area contributed by atoms with E-state index in [0.717, 1.165) is 13.2 Å². The number of benzene rings is 2. The predicted octanol–water partition coefficient (Wildman–Crippen LogP) is 1.86. The lowest BCUT2D eigenvalue weighted by Gasteiger charge is -2.09. The largest absolute Gasteiger partial charge is 0.465 e. The van der Waals surface area contributed by atoms with E-state index < -0.39 is 21.9 Å². The van der Waals surface area contributed by atoms with E-state index in [0.29, 0.717) is 11.1 Å². The Balaban J connectivity index is 2.22. The van der Waals surface area contributed by atoms with Crippen LogP contribution >= 0.6 is 0 Å². The van der Waals surface area contributed by atoms with Crippen LogP contribution in [0.2, 0.25) is 0 Å². The molecule has 1 N–H and O–H groups in total. The molecular formula is C18H14N2O5S. The lowest BCUT2D eigenvalue weighted by atomic mass is 10.1. The normalized spacial score (nSPS) is 10.9. The van der Waals surface area contributed by atoms with Gasteiger partial charge in [0.15, 0.2) is 0 Å². The van der Waals surface area contributed by atoms with Gasteiger partial charge in [-0.25, -0.2) is 17.9 Å². The number of nitrogens with zero attached hydrogens (tertiary/aromatic N) is 1. The number of hydrogen-bond acceptors (Lipinski definition) is 6. The smallest absolute Gasteiger partial charge is 0.339 e. The van der Waals surface area contributed by atoms with Crippen molar-refractivity contribution in [1.82, 2.24) is 4.72 Å². The monoisotopic (exact) mass is 370 g/mol. The van der Waals surface area contributed by atoms with Crippen molar-refractivity contribution in [3.8, 4) is 6.07 Å². The average molecular weight is 370 g/mol. The highest BCUT2D eigenvalue weighted by atomic mass is 32.2. The molecule has 1 amide bonds. The third kappa shape index (κ3) is 4.55. The van der Waals surface area contributed by atoms with E-state index in [1.165, 1.54) is 30.3 Å². The van der Waals surface area contributed by atoms with Gasteiger partial charge >= 0.3 is 5.97 Å². The quantitative estimate of drug-likeness (QED) is 0.635. The van der Waals surface area contributed by atoms with Crippen molar-refractivity contribution in [2.75, 3.05) is 7.11 Å². The molecule has 0 aliphatic rings. The number of nitrogens with one attached hydrogen (secondary N) is 1. The lowest BCUT2D eigenvalue weighted by Crippen LogP contribution is -2.30. The lowest BCUT2D eigenvalue weighted by molar-refractivity contribution is -0.114. The molecule has 0 radical (unpaired) electrons. The van der Waals surface area contributed by atoms with Crippen LogP contribution < -0.4 is 4.72 Å². The first kappa shape index (κ1) is 18.9. The Hall–Kier alpha value is -3.44. The van der Waals surface area contributed by atoms with Crippen molar-refractivity contribution < 1.29 is 22.7 Å². The highest BCUT2D eigenvalue weighted by Gasteiger charge is 2.23. The topological polar surface area (TPSA) is 113 Å². The van der Waals surface area contributed by atoms with Crippen LogP contribution in [0.3, 0.4) is 0 Å². The minimum absolute atomic E-state index is 0.180. The van der Waals surface area contributed by atoms with Crippen LogP contribution in [0.15, 0.2) is 59.5 Å². The van der Waals surface area contributed by atoms with Crippen LogP contribution in [0.1, 0.15) is 21.5 Å². The van der Waals surface area contributed by atoms with Gasteiger partial charge in [-0.2, -0.15) is 5.26 Å². The van der Waals surface area contributed by atoms with Gasteiger partial charge in [0.25, 0.3) is 15.9 Å². The maximum Gasteiger partial charge on any atom is 0.339 e. The number of carbonyl (C=O) groups is 2. The average Bonchev–Trinajstić information content (AvgIpc) is 2.65. The van der Waals surface area contributed by atoms with Crippen molar-refractivity contribution in [3.63, 3.8) is 0 Å². The van der Waals surface area contributed by atoms with Gasteiger partial charge in [0.1, 0.15) is 4.90 Å². The third-order valence-corrected chi connectivity index (χ3v) is 4.66. The van der Waals surface area contributed by atoms with Gasteiger partial charge in [-0.05, 0) is 35.9 Å². The van der Waals surface area contributed by atoms with Crippen molar-refractivity contribution in [3.05, 3.63) is 71.3 Å². The Morgan fingerprint density at radius 1 is 1.15 bits per heavy atom. The van der Waals surface area contributed by atoms with Gasteiger partial charge in [0, 0.05) is 6.08 Å². The Morgan fingerprint density at radius 2 is 1.88 bits per heavy atom. The van der Waals surface area contributed by atoms with Gasteiger partial charge in [0.05, 0.1) is 24.3 Å². The van der Waals surface area contributed by atoms with Gasteiger partial charge in [-0.1, -0.05) is 24.3 Å². The minimum atomic E-state index is -4.27. The molecule has 0 unspecified atom stereocenters. The van der Waals surface area contributed by atoms with Crippen molar-refractivity contribution >= 4 is 28.0 Å². The molecule has 132 valence electrons. The number of methoxy groups -OCH3 is 1. The minimum Gasteiger partial charge on any atom is -0.465 e. The fraction of sp³-hybridized carbons (Fsp3) is 0.0556. The van der Waals surface area contributed by atoms with E-state index in [4.69, 9.17) is 5.26 Å². The number of nitriles is 1. The molecule has 0 heterocycles. The summed E-state index contributed by atoms with van der Waals surface area (Å²) in [7, 11) is -3.14. The highest BCUT2D eigenvalue weighted by Crippen LogP contribution is 2.16. The first-order valence-corrected chi connectivity index (χ1v) is 8.78. The summed E-state index contributed by atoms with van der Waals surface area (Å²) < 4.78 is 31.2. The summed E-state index contributed by atoms with van der Waals surface area (Å²) in [6.07, 6.45) is 2.40. The fourth-order valence-electron chi connectivity index (χ4n) is 2.08.